The van der Waals surface area contributed by atoms with Gasteiger partial charge < -0.3 is 25.6 Å². The number of carboxylic acid groups (broad SMARTS) is 2. The molecule has 74 valence electrons. The Morgan fingerprint density at radius 3 is 1.77 bits per heavy atom. The van der Waals surface area contributed by atoms with Gasteiger partial charge in [-0.1, -0.05) is 0 Å². The van der Waals surface area contributed by atoms with Crippen molar-refractivity contribution < 1.29 is 24.5 Å². The van der Waals surface area contributed by atoms with Crippen molar-refractivity contribution in [3.63, 3.8) is 0 Å². The highest BCUT2D eigenvalue weighted by molar-refractivity contribution is 5.67. The van der Waals surface area contributed by atoms with Crippen LogP contribution in [0.1, 0.15) is 0 Å². The van der Waals surface area contributed by atoms with Gasteiger partial charge in [-0.05, 0) is 0 Å². The predicted octanol–water partition coefficient (Wildman–Crippen LogP) is -0.711. The maximum atomic E-state index is 10.2. The van der Waals surface area contributed by atoms with Gasteiger partial charge in [0, 0.05) is 0 Å². The summed E-state index contributed by atoms with van der Waals surface area (Å²) in [5, 5.41) is 21.1. The van der Waals surface area contributed by atoms with Crippen LogP contribution in [0.2, 0.25) is 0 Å². The third-order valence-electron chi connectivity index (χ3n) is 1.70. The quantitative estimate of drug-likeness (QED) is 0.460. The number of hydrogen-bond acceptors (Lipinski definition) is 3. The van der Waals surface area contributed by atoms with Gasteiger partial charge in [-0.25, -0.2) is 9.59 Å². The van der Waals surface area contributed by atoms with Crippen molar-refractivity contribution in [3.8, 4) is 0 Å². The molecule has 0 radical (unpaired) electrons. The lowest BCUT2D eigenvalue weighted by Gasteiger charge is -2.16. The van der Waals surface area contributed by atoms with Gasteiger partial charge in [0.05, 0.1) is 25.3 Å². The van der Waals surface area contributed by atoms with Crippen LogP contribution < -0.4 is 10.6 Å². The minimum absolute atomic E-state index is 0.192. The Morgan fingerprint density at radius 1 is 1.08 bits per heavy atom. The van der Waals surface area contributed by atoms with E-state index < -0.39 is 24.3 Å². The minimum Gasteiger partial charge on any atom is -0.465 e. The Kier molecular flexibility index (Phi) is 2.91. The summed E-state index contributed by atoms with van der Waals surface area (Å²) in [7, 11) is 0. The normalized spacial score (nSPS) is 26.8. The van der Waals surface area contributed by atoms with Crippen LogP contribution in [0.3, 0.4) is 0 Å². The van der Waals surface area contributed by atoms with E-state index in [1.165, 1.54) is 0 Å². The first kappa shape index (κ1) is 9.59. The van der Waals surface area contributed by atoms with Crippen molar-refractivity contribution in [2.24, 2.45) is 0 Å². The van der Waals surface area contributed by atoms with Crippen LogP contribution in [-0.2, 0) is 4.74 Å². The van der Waals surface area contributed by atoms with Crippen molar-refractivity contribution in [2.75, 3.05) is 13.2 Å². The Hall–Kier alpha value is -1.50. The molecule has 0 spiro atoms. The van der Waals surface area contributed by atoms with Crippen molar-refractivity contribution in [1.29, 1.82) is 0 Å². The number of nitrogens with one attached hydrogen (secondary N) is 2. The van der Waals surface area contributed by atoms with Crippen LogP contribution in [0.4, 0.5) is 9.59 Å². The second-order valence-electron chi connectivity index (χ2n) is 2.65. The standard InChI is InChI=1S/C6H10N2O5/c9-5(10)7-3-1-13-2-4(3)8-6(11)12/h3-4,7-8H,1-2H2,(H,9,10)(H,11,12). The number of ether oxygens (including phenoxy) is 1. The fraction of sp³-hybridized carbons (Fsp3) is 0.667. The number of amides is 2. The first-order valence-corrected chi connectivity index (χ1v) is 3.66. The van der Waals surface area contributed by atoms with Gasteiger partial charge in [-0.2, -0.15) is 0 Å². The summed E-state index contributed by atoms with van der Waals surface area (Å²) in [5.74, 6) is 0. The molecule has 0 aromatic carbocycles. The molecule has 0 aliphatic carbocycles. The molecule has 0 saturated carbocycles. The molecule has 0 bridgehead atoms. The first-order valence-electron chi connectivity index (χ1n) is 3.66. The molecular formula is C6H10N2O5. The molecule has 13 heavy (non-hydrogen) atoms. The zero-order valence-corrected chi connectivity index (χ0v) is 6.69. The van der Waals surface area contributed by atoms with Crippen molar-refractivity contribution >= 4 is 12.2 Å². The zero-order valence-electron chi connectivity index (χ0n) is 6.69. The average molecular weight is 190 g/mol. The Morgan fingerprint density at radius 2 is 1.46 bits per heavy atom. The summed E-state index contributed by atoms with van der Waals surface area (Å²) >= 11 is 0. The van der Waals surface area contributed by atoms with Gasteiger partial charge in [0.15, 0.2) is 0 Å². The van der Waals surface area contributed by atoms with Gasteiger partial charge in [-0.15, -0.1) is 0 Å². The third-order valence-corrected chi connectivity index (χ3v) is 1.70. The van der Waals surface area contributed by atoms with Gasteiger partial charge >= 0.3 is 12.2 Å². The van der Waals surface area contributed by atoms with E-state index in [1.807, 2.05) is 0 Å². The summed E-state index contributed by atoms with van der Waals surface area (Å²) in [6, 6.07) is -1.01. The molecule has 1 fully saturated rings. The molecule has 1 heterocycles. The maximum absolute atomic E-state index is 10.2. The van der Waals surface area contributed by atoms with Crippen LogP contribution in [0.5, 0.6) is 0 Å². The topological polar surface area (TPSA) is 108 Å². The summed E-state index contributed by atoms with van der Waals surface area (Å²) in [5.41, 5.74) is 0. The summed E-state index contributed by atoms with van der Waals surface area (Å²) in [6.07, 6.45) is -2.37. The molecule has 7 nitrogen and oxygen atoms in total. The van der Waals surface area contributed by atoms with E-state index in [1.54, 1.807) is 0 Å². The van der Waals surface area contributed by atoms with Gasteiger partial charge in [-0.3, -0.25) is 0 Å². The molecular weight excluding hydrogens is 180 g/mol. The maximum Gasteiger partial charge on any atom is 0.405 e. The molecule has 0 aromatic heterocycles. The SMILES string of the molecule is O=C(O)NC1COCC1NC(=O)O. The summed E-state index contributed by atoms with van der Waals surface area (Å²) in [6.45, 7) is 0.383. The molecule has 1 aliphatic rings. The van der Waals surface area contributed by atoms with E-state index in [-0.39, 0.29) is 13.2 Å². The lowest BCUT2D eigenvalue weighted by Crippen LogP contribution is -2.50. The van der Waals surface area contributed by atoms with Gasteiger partial charge in [0.25, 0.3) is 0 Å². The summed E-state index contributed by atoms with van der Waals surface area (Å²) < 4.78 is 4.92. The molecule has 1 rings (SSSR count). The van der Waals surface area contributed by atoms with Crippen LogP contribution in [-0.4, -0.2) is 47.7 Å². The number of carbonyl (C=O) groups is 2. The van der Waals surface area contributed by atoms with E-state index in [9.17, 15) is 9.59 Å². The third kappa shape index (κ3) is 2.79. The average Bonchev–Trinajstić information content (AvgIpc) is 2.34. The Balaban J connectivity index is 2.43. The summed E-state index contributed by atoms with van der Waals surface area (Å²) in [4.78, 5) is 20.5. The predicted molar refractivity (Wildman–Crippen MR) is 40.7 cm³/mol. The van der Waals surface area contributed by atoms with Crippen molar-refractivity contribution in [1.82, 2.24) is 10.6 Å². The van der Waals surface area contributed by atoms with E-state index >= 15 is 0 Å². The highest BCUT2D eigenvalue weighted by Crippen LogP contribution is 2.05. The molecule has 2 amide bonds. The fourth-order valence-electron chi connectivity index (χ4n) is 1.16. The lowest BCUT2D eigenvalue weighted by atomic mass is 10.2. The number of rotatable bonds is 2. The van der Waals surface area contributed by atoms with E-state index in [0.29, 0.717) is 0 Å². The van der Waals surface area contributed by atoms with Crippen LogP contribution in [0.15, 0.2) is 0 Å². The van der Waals surface area contributed by atoms with Crippen LogP contribution in [0.25, 0.3) is 0 Å². The van der Waals surface area contributed by atoms with E-state index in [4.69, 9.17) is 14.9 Å². The van der Waals surface area contributed by atoms with Crippen molar-refractivity contribution in [3.05, 3.63) is 0 Å². The van der Waals surface area contributed by atoms with E-state index in [0.717, 1.165) is 0 Å². The van der Waals surface area contributed by atoms with Gasteiger partial charge in [0.2, 0.25) is 0 Å². The molecule has 7 heteroatoms. The number of hydrogen-bond donors (Lipinski definition) is 4. The van der Waals surface area contributed by atoms with E-state index in [2.05, 4.69) is 10.6 Å². The Bertz CT molecular complexity index is 197. The van der Waals surface area contributed by atoms with Crippen LogP contribution in [0, 0.1) is 0 Å². The molecule has 4 N–H and O–H groups in total. The first-order chi connectivity index (χ1) is 6.09. The zero-order chi connectivity index (χ0) is 9.84. The lowest BCUT2D eigenvalue weighted by molar-refractivity contribution is 0.173. The molecule has 2 atom stereocenters. The molecule has 2 unspecified atom stereocenters. The second kappa shape index (κ2) is 3.94. The minimum atomic E-state index is -1.19. The molecule has 0 aromatic rings. The monoisotopic (exact) mass is 190 g/mol. The van der Waals surface area contributed by atoms with Gasteiger partial charge in [0.1, 0.15) is 0 Å². The van der Waals surface area contributed by atoms with Crippen molar-refractivity contribution in [2.45, 2.75) is 12.1 Å². The largest absolute Gasteiger partial charge is 0.465 e. The molecule has 1 saturated heterocycles. The highest BCUT2D eigenvalue weighted by Gasteiger charge is 2.30. The van der Waals surface area contributed by atoms with Crippen LogP contribution >= 0.6 is 0 Å². The smallest absolute Gasteiger partial charge is 0.405 e. The molecule has 1 aliphatic heterocycles. The fourth-order valence-corrected chi connectivity index (χ4v) is 1.16. The Labute approximate surface area is 73.7 Å². The highest BCUT2D eigenvalue weighted by atomic mass is 16.5. The second-order valence-corrected chi connectivity index (χ2v) is 2.65.